The van der Waals surface area contributed by atoms with E-state index in [2.05, 4.69) is 4.98 Å². The fourth-order valence-electron chi connectivity index (χ4n) is 4.28. The number of rotatable bonds is 2. The third-order valence-corrected chi connectivity index (χ3v) is 6.07. The lowest BCUT2D eigenvalue weighted by Gasteiger charge is -2.32. The smallest absolute Gasteiger partial charge is 0.339 e. The van der Waals surface area contributed by atoms with Crippen molar-refractivity contribution in [2.45, 2.75) is 19.3 Å². The molecule has 2 unspecified atom stereocenters. The van der Waals surface area contributed by atoms with Gasteiger partial charge >= 0.3 is 5.97 Å². The fourth-order valence-corrected chi connectivity index (χ4v) is 4.28. The van der Waals surface area contributed by atoms with Crippen LogP contribution < -0.4 is 14.4 Å². The number of halogens is 2. The van der Waals surface area contributed by atoms with Crippen LogP contribution in [0.25, 0.3) is 10.9 Å². The Labute approximate surface area is 147 Å². The normalized spacial score (nSPS) is 28.1. The maximum atomic E-state index is 14.1. The molecule has 1 aromatic carbocycles. The predicted octanol–water partition coefficient (Wildman–Crippen LogP) is 3.14. The monoisotopic (exact) mass is 362 g/mol. The first-order valence-corrected chi connectivity index (χ1v) is 8.41. The molecule has 1 aliphatic carbocycles. The second-order valence-corrected chi connectivity index (χ2v) is 7.34. The molecule has 0 amide bonds. The van der Waals surface area contributed by atoms with Gasteiger partial charge in [-0.15, -0.1) is 0 Å². The maximum Gasteiger partial charge on any atom is 0.339 e. The van der Waals surface area contributed by atoms with Crippen molar-refractivity contribution < 1.29 is 28.2 Å². The highest BCUT2D eigenvalue weighted by molar-refractivity contribution is 6.05. The van der Waals surface area contributed by atoms with Crippen molar-refractivity contribution in [3.63, 3.8) is 0 Å². The Morgan fingerprint density at radius 3 is 2.77 bits per heavy atom. The summed E-state index contributed by atoms with van der Waals surface area (Å²) in [5.41, 5.74) is -0.00638. The van der Waals surface area contributed by atoms with Gasteiger partial charge in [0.15, 0.2) is 11.5 Å². The molecule has 3 heterocycles. The van der Waals surface area contributed by atoms with E-state index in [1.54, 1.807) is 24.0 Å². The molecule has 1 saturated carbocycles. The van der Waals surface area contributed by atoms with Crippen molar-refractivity contribution in [2.75, 3.05) is 24.8 Å². The van der Waals surface area contributed by atoms with E-state index in [-0.39, 0.29) is 18.9 Å². The molecular weight excluding hydrogens is 346 g/mol. The topological polar surface area (TPSA) is 71.9 Å². The Bertz CT molecular complexity index is 964. The number of alkyl halides is 2. The highest BCUT2D eigenvalue weighted by Crippen LogP contribution is 2.69. The number of benzene rings is 1. The number of piperidine rings is 1. The van der Waals surface area contributed by atoms with E-state index in [4.69, 9.17) is 9.47 Å². The molecule has 0 bridgehead atoms. The van der Waals surface area contributed by atoms with E-state index >= 15 is 0 Å². The Kier molecular flexibility index (Phi) is 2.85. The fraction of sp³-hybridized carbons (Fsp3) is 0.444. The van der Waals surface area contributed by atoms with Gasteiger partial charge in [-0.05, 0) is 12.5 Å². The van der Waals surface area contributed by atoms with Gasteiger partial charge in [0, 0.05) is 36.2 Å². The molecule has 2 aromatic rings. The van der Waals surface area contributed by atoms with Gasteiger partial charge in [-0.25, -0.2) is 13.6 Å². The first-order chi connectivity index (χ1) is 12.3. The summed E-state index contributed by atoms with van der Waals surface area (Å²) in [7, 11) is 0. The average Bonchev–Trinajstić information content (AvgIpc) is 2.90. The summed E-state index contributed by atoms with van der Waals surface area (Å²) < 4.78 is 39.0. The van der Waals surface area contributed by atoms with Crippen LogP contribution in [0.2, 0.25) is 0 Å². The van der Waals surface area contributed by atoms with Gasteiger partial charge in [0.25, 0.3) is 5.92 Å². The number of nitrogens with zero attached hydrogens (tertiary/aromatic N) is 2. The van der Waals surface area contributed by atoms with E-state index in [9.17, 15) is 18.7 Å². The highest BCUT2D eigenvalue weighted by atomic mass is 19.3. The Morgan fingerprint density at radius 2 is 2.08 bits per heavy atom. The van der Waals surface area contributed by atoms with Crippen LogP contribution in [0.3, 0.4) is 0 Å². The van der Waals surface area contributed by atoms with Gasteiger partial charge in [-0.1, -0.05) is 6.92 Å². The molecular formula is C18H16F2N2O4. The van der Waals surface area contributed by atoms with Crippen LogP contribution in [0.15, 0.2) is 18.3 Å². The van der Waals surface area contributed by atoms with Gasteiger partial charge in [-0.2, -0.15) is 0 Å². The molecule has 26 heavy (non-hydrogen) atoms. The van der Waals surface area contributed by atoms with Crippen molar-refractivity contribution >= 4 is 22.6 Å². The third-order valence-electron chi connectivity index (χ3n) is 6.07. The van der Waals surface area contributed by atoms with Crippen molar-refractivity contribution in [1.29, 1.82) is 0 Å². The van der Waals surface area contributed by atoms with Crippen molar-refractivity contribution in [2.24, 2.45) is 11.3 Å². The summed E-state index contributed by atoms with van der Waals surface area (Å²) in [6.07, 6.45) is 1.60. The molecule has 0 spiro atoms. The summed E-state index contributed by atoms with van der Waals surface area (Å²) in [6.45, 7) is 2.19. The van der Waals surface area contributed by atoms with Gasteiger partial charge < -0.3 is 19.5 Å². The second-order valence-electron chi connectivity index (χ2n) is 7.34. The van der Waals surface area contributed by atoms with Crippen LogP contribution in [0.5, 0.6) is 11.5 Å². The first-order valence-electron chi connectivity index (χ1n) is 8.41. The Balaban J connectivity index is 1.66. The third kappa shape index (κ3) is 1.84. The number of carbonyl (C=O) groups is 1. The predicted molar refractivity (Wildman–Crippen MR) is 88.2 cm³/mol. The van der Waals surface area contributed by atoms with E-state index in [0.29, 0.717) is 41.1 Å². The summed E-state index contributed by atoms with van der Waals surface area (Å²) in [5.74, 6) is -3.56. The number of fused-ring (bicyclic) bond motifs is 3. The van der Waals surface area contributed by atoms with Crippen LogP contribution in [0.1, 0.15) is 23.7 Å². The molecule has 5 rings (SSSR count). The number of aromatic nitrogens is 1. The summed E-state index contributed by atoms with van der Waals surface area (Å²) in [6, 6.07) is 3.37. The van der Waals surface area contributed by atoms with E-state index in [0.717, 1.165) is 0 Å². The highest BCUT2D eigenvalue weighted by Gasteiger charge is 2.78. The van der Waals surface area contributed by atoms with Crippen LogP contribution in [-0.2, 0) is 0 Å². The van der Waals surface area contributed by atoms with Gasteiger partial charge in [-0.3, -0.25) is 4.98 Å². The minimum atomic E-state index is -2.70. The molecule has 1 N–H and O–H groups in total. The SMILES string of the molecule is CC12CCN(c3c(C(=O)O)cnc4cc5c(cc34)OCO5)CC1C2(F)F. The number of carboxylic acid groups (broad SMARTS) is 1. The average molecular weight is 362 g/mol. The van der Waals surface area contributed by atoms with Gasteiger partial charge in [0.05, 0.1) is 17.1 Å². The molecule has 8 heteroatoms. The van der Waals surface area contributed by atoms with E-state index in [1.165, 1.54) is 6.20 Å². The number of hydrogen-bond donors (Lipinski definition) is 1. The largest absolute Gasteiger partial charge is 0.478 e. The second kappa shape index (κ2) is 4.75. The molecule has 1 saturated heterocycles. The minimum absolute atomic E-state index is 0.00364. The number of hydrogen-bond acceptors (Lipinski definition) is 5. The minimum Gasteiger partial charge on any atom is -0.478 e. The van der Waals surface area contributed by atoms with Crippen LogP contribution in [0.4, 0.5) is 14.5 Å². The summed E-state index contributed by atoms with van der Waals surface area (Å²) in [4.78, 5) is 17.7. The zero-order chi connectivity index (χ0) is 18.3. The number of carboxylic acids is 1. The lowest BCUT2D eigenvalue weighted by molar-refractivity contribution is 0.0635. The molecule has 136 valence electrons. The number of anilines is 1. The molecule has 2 atom stereocenters. The quantitative estimate of drug-likeness (QED) is 0.885. The molecule has 2 aliphatic heterocycles. The zero-order valence-corrected chi connectivity index (χ0v) is 14.0. The van der Waals surface area contributed by atoms with Crippen molar-refractivity contribution in [1.82, 2.24) is 4.98 Å². The van der Waals surface area contributed by atoms with Crippen LogP contribution >= 0.6 is 0 Å². The Hall–Kier alpha value is -2.64. The maximum absolute atomic E-state index is 14.1. The number of ether oxygens (including phenoxy) is 2. The molecule has 3 aliphatic rings. The van der Waals surface area contributed by atoms with E-state index in [1.807, 2.05) is 0 Å². The molecule has 6 nitrogen and oxygen atoms in total. The lowest BCUT2D eigenvalue weighted by Crippen LogP contribution is -2.35. The molecule has 2 fully saturated rings. The van der Waals surface area contributed by atoms with E-state index < -0.39 is 23.2 Å². The molecule has 1 aromatic heterocycles. The standard InChI is InChI=1S/C18H16F2N2O4/c1-17-2-3-22(7-14(17)18(17,19)20)15-9-4-12-13(26-8-25-12)5-11(9)21-6-10(15)16(23)24/h4-6,14H,2-3,7-8H2,1H3,(H,23,24). The van der Waals surface area contributed by atoms with Gasteiger partial charge in [0.2, 0.25) is 6.79 Å². The van der Waals surface area contributed by atoms with Crippen LogP contribution in [0, 0.1) is 11.3 Å². The number of aromatic carboxylic acids is 1. The first kappa shape index (κ1) is 15.6. The Morgan fingerprint density at radius 1 is 1.35 bits per heavy atom. The summed E-state index contributed by atoms with van der Waals surface area (Å²) >= 11 is 0. The van der Waals surface area contributed by atoms with Crippen molar-refractivity contribution in [3.8, 4) is 11.5 Å². The summed E-state index contributed by atoms with van der Waals surface area (Å²) in [5, 5.41) is 10.2. The van der Waals surface area contributed by atoms with Crippen LogP contribution in [-0.4, -0.2) is 41.9 Å². The van der Waals surface area contributed by atoms with Gasteiger partial charge in [0.1, 0.15) is 5.56 Å². The molecule has 0 radical (unpaired) electrons. The lowest BCUT2D eigenvalue weighted by atomic mass is 9.96. The van der Waals surface area contributed by atoms with Crippen molar-refractivity contribution in [3.05, 3.63) is 23.9 Å². The number of pyridine rings is 1. The zero-order valence-electron chi connectivity index (χ0n) is 14.0.